The number of aryl methyl sites for hydroxylation is 1. The first-order valence-electron chi connectivity index (χ1n) is 5.63. The first-order valence-corrected chi connectivity index (χ1v) is 5.63. The molecule has 0 radical (unpaired) electrons. The van der Waals surface area contributed by atoms with Crippen LogP contribution >= 0.6 is 0 Å². The largest absolute Gasteiger partial charge is 0.478 e. The summed E-state index contributed by atoms with van der Waals surface area (Å²) < 4.78 is 4.93. The van der Waals surface area contributed by atoms with Crippen LogP contribution < -0.4 is 5.32 Å². The minimum absolute atomic E-state index is 0.176. The van der Waals surface area contributed by atoms with Gasteiger partial charge in [-0.2, -0.15) is 0 Å². The van der Waals surface area contributed by atoms with Crippen molar-refractivity contribution in [2.45, 2.75) is 33.8 Å². The molecule has 0 saturated carbocycles. The van der Waals surface area contributed by atoms with Crippen molar-refractivity contribution in [3.05, 3.63) is 28.8 Å². The Kier molecular flexibility index (Phi) is 4.31. The average Bonchev–Trinajstić information content (AvgIpc) is 2.21. The van der Waals surface area contributed by atoms with Crippen LogP contribution in [0.15, 0.2) is 12.1 Å². The van der Waals surface area contributed by atoms with Crippen LogP contribution in [0.3, 0.4) is 0 Å². The molecule has 0 unspecified atom stereocenters. The predicted octanol–water partition coefficient (Wildman–Crippen LogP) is 2.96. The van der Waals surface area contributed by atoms with Gasteiger partial charge in [-0.25, -0.2) is 9.59 Å². The summed E-state index contributed by atoms with van der Waals surface area (Å²) in [4.78, 5) is 22.5. The average molecular weight is 251 g/mol. The van der Waals surface area contributed by atoms with Gasteiger partial charge in [0, 0.05) is 5.69 Å². The summed E-state index contributed by atoms with van der Waals surface area (Å²) in [5.74, 6) is -1.02. The summed E-state index contributed by atoms with van der Waals surface area (Å²) in [6, 6.07) is 3.13. The fraction of sp³-hybridized carbons (Fsp3) is 0.385. The number of hydrogen-bond acceptors (Lipinski definition) is 3. The molecule has 1 aromatic rings. The zero-order chi connectivity index (χ0) is 13.9. The molecule has 0 aromatic heterocycles. The normalized spacial score (nSPS) is 10.3. The van der Waals surface area contributed by atoms with Crippen molar-refractivity contribution in [1.29, 1.82) is 0 Å². The molecule has 5 nitrogen and oxygen atoms in total. The summed E-state index contributed by atoms with van der Waals surface area (Å²) in [6.45, 7) is 7.00. The van der Waals surface area contributed by atoms with Gasteiger partial charge in [0.15, 0.2) is 0 Å². The number of carboxylic acids is 1. The molecule has 0 aliphatic carbocycles. The van der Waals surface area contributed by atoms with Crippen molar-refractivity contribution >= 4 is 17.7 Å². The quantitative estimate of drug-likeness (QED) is 0.866. The van der Waals surface area contributed by atoms with E-state index in [2.05, 4.69) is 5.32 Å². The Balaban J connectivity index is 2.97. The zero-order valence-corrected chi connectivity index (χ0v) is 10.9. The number of benzene rings is 1. The molecule has 0 fully saturated rings. The molecule has 98 valence electrons. The smallest absolute Gasteiger partial charge is 0.411 e. The van der Waals surface area contributed by atoms with Gasteiger partial charge in [-0.1, -0.05) is 0 Å². The second kappa shape index (κ2) is 5.53. The fourth-order valence-electron chi connectivity index (χ4n) is 1.52. The third-order valence-electron chi connectivity index (χ3n) is 2.49. The summed E-state index contributed by atoms with van der Waals surface area (Å²) in [7, 11) is 0. The molecule has 0 saturated heterocycles. The van der Waals surface area contributed by atoms with Crippen LogP contribution in [-0.4, -0.2) is 23.3 Å². The maximum absolute atomic E-state index is 11.4. The number of carbonyl (C=O) groups is 2. The number of ether oxygens (including phenoxy) is 1. The van der Waals surface area contributed by atoms with E-state index in [0.717, 1.165) is 5.56 Å². The van der Waals surface area contributed by atoms with E-state index >= 15 is 0 Å². The Bertz CT molecular complexity index is 480. The summed E-state index contributed by atoms with van der Waals surface area (Å²) in [6.07, 6.45) is -0.819. The highest BCUT2D eigenvalue weighted by Gasteiger charge is 2.13. The fourth-order valence-corrected chi connectivity index (χ4v) is 1.52. The Labute approximate surface area is 106 Å². The van der Waals surface area contributed by atoms with E-state index in [1.54, 1.807) is 33.8 Å². The molecular formula is C13H17NO4. The molecule has 1 aromatic carbocycles. The van der Waals surface area contributed by atoms with E-state index in [1.807, 2.05) is 0 Å². The van der Waals surface area contributed by atoms with Gasteiger partial charge in [0.1, 0.15) is 0 Å². The van der Waals surface area contributed by atoms with Crippen LogP contribution in [0.1, 0.15) is 35.3 Å². The second-order valence-electron chi connectivity index (χ2n) is 4.35. The van der Waals surface area contributed by atoms with Gasteiger partial charge in [-0.15, -0.1) is 0 Å². The van der Waals surface area contributed by atoms with E-state index in [1.165, 1.54) is 6.07 Å². The molecule has 2 N–H and O–H groups in total. The number of rotatable bonds is 3. The lowest BCUT2D eigenvalue weighted by Crippen LogP contribution is -2.18. The van der Waals surface area contributed by atoms with Crippen LogP contribution in [0.25, 0.3) is 0 Å². The van der Waals surface area contributed by atoms with E-state index in [4.69, 9.17) is 9.84 Å². The van der Waals surface area contributed by atoms with Crippen molar-refractivity contribution in [2.24, 2.45) is 0 Å². The van der Waals surface area contributed by atoms with E-state index in [9.17, 15) is 9.59 Å². The van der Waals surface area contributed by atoms with Crippen molar-refractivity contribution in [2.75, 3.05) is 5.32 Å². The van der Waals surface area contributed by atoms with E-state index in [0.29, 0.717) is 11.3 Å². The van der Waals surface area contributed by atoms with Crippen LogP contribution in [0.2, 0.25) is 0 Å². The molecule has 0 spiro atoms. The topological polar surface area (TPSA) is 75.6 Å². The maximum Gasteiger partial charge on any atom is 0.411 e. The highest BCUT2D eigenvalue weighted by atomic mass is 16.6. The number of amides is 1. The van der Waals surface area contributed by atoms with Crippen molar-refractivity contribution < 1.29 is 19.4 Å². The van der Waals surface area contributed by atoms with Gasteiger partial charge in [0.2, 0.25) is 0 Å². The molecule has 1 rings (SSSR count). The number of carboxylic acid groups (broad SMARTS) is 1. The number of nitrogens with one attached hydrogen (secondary N) is 1. The van der Waals surface area contributed by atoms with Crippen molar-refractivity contribution in [3.63, 3.8) is 0 Å². The number of carbonyl (C=O) groups excluding carboxylic acids is 1. The molecule has 0 aliphatic heterocycles. The predicted molar refractivity (Wildman–Crippen MR) is 68.1 cm³/mol. The minimum atomic E-state index is -1.02. The third kappa shape index (κ3) is 3.48. The number of aromatic carboxylic acids is 1. The lowest BCUT2D eigenvalue weighted by Gasteiger charge is -2.12. The zero-order valence-electron chi connectivity index (χ0n) is 10.9. The summed E-state index contributed by atoms with van der Waals surface area (Å²) in [5, 5.41) is 11.6. The second-order valence-corrected chi connectivity index (χ2v) is 4.35. The van der Waals surface area contributed by atoms with Crippen molar-refractivity contribution in [3.8, 4) is 0 Å². The van der Waals surface area contributed by atoms with Gasteiger partial charge >= 0.3 is 12.1 Å². The van der Waals surface area contributed by atoms with Crippen molar-refractivity contribution in [1.82, 2.24) is 0 Å². The van der Waals surface area contributed by atoms with Gasteiger partial charge in [-0.3, -0.25) is 5.32 Å². The van der Waals surface area contributed by atoms with Crippen LogP contribution in [0, 0.1) is 13.8 Å². The monoisotopic (exact) mass is 251 g/mol. The van der Waals surface area contributed by atoms with Gasteiger partial charge in [0.25, 0.3) is 0 Å². The van der Waals surface area contributed by atoms with Gasteiger partial charge in [-0.05, 0) is 51.0 Å². The van der Waals surface area contributed by atoms with Crippen LogP contribution in [0.4, 0.5) is 10.5 Å². The first kappa shape index (κ1) is 14.0. The highest BCUT2D eigenvalue weighted by molar-refractivity contribution is 5.93. The van der Waals surface area contributed by atoms with E-state index in [-0.39, 0.29) is 11.7 Å². The molecule has 0 heterocycles. The maximum atomic E-state index is 11.4. The lowest BCUT2D eigenvalue weighted by molar-refractivity contribution is 0.0695. The third-order valence-corrected chi connectivity index (χ3v) is 2.49. The molecule has 0 bridgehead atoms. The molecule has 18 heavy (non-hydrogen) atoms. The molecule has 0 aliphatic rings. The minimum Gasteiger partial charge on any atom is -0.478 e. The first-order chi connectivity index (χ1) is 8.31. The molecule has 0 atom stereocenters. The summed E-state index contributed by atoms with van der Waals surface area (Å²) >= 11 is 0. The highest BCUT2D eigenvalue weighted by Crippen LogP contribution is 2.20. The standard InChI is InChI=1S/C13H17NO4/c1-7(2)18-13(17)14-10-5-8(3)9(4)11(6-10)12(15)16/h5-7H,1-4H3,(H,14,17)(H,15,16). The Morgan fingerprint density at radius 1 is 1.28 bits per heavy atom. The Hall–Kier alpha value is -2.04. The lowest BCUT2D eigenvalue weighted by atomic mass is 10.0. The van der Waals surface area contributed by atoms with Gasteiger partial charge < -0.3 is 9.84 Å². The Morgan fingerprint density at radius 3 is 2.39 bits per heavy atom. The Morgan fingerprint density at radius 2 is 1.89 bits per heavy atom. The van der Waals surface area contributed by atoms with Gasteiger partial charge in [0.05, 0.1) is 11.7 Å². The SMILES string of the molecule is Cc1cc(NC(=O)OC(C)C)cc(C(=O)O)c1C. The molecule has 5 heteroatoms. The van der Waals surface area contributed by atoms with Crippen LogP contribution in [0.5, 0.6) is 0 Å². The van der Waals surface area contributed by atoms with E-state index < -0.39 is 12.1 Å². The summed E-state index contributed by atoms with van der Waals surface area (Å²) in [5.41, 5.74) is 2.08. The number of anilines is 1. The number of hydrogen-bond donors (Lipinski definition) is 2. The molecular weight excluding hydrogens is 234 g/mol. The van der Waals surface area contributed by atoms with Crippen LogP contribution in [-0.2, 0) is 4.74 Å². The molecule has 1 amide bonds.